The van der Waals surface area contributed by atoms with E-state index in [2.05, 4.69) is 35.5 Å². The first kappa shape index (κ1) is 8.30. The highest BCUT2D eigenvalue weighted by atomic mass is 15.1. The molecule has 1 N–H and O–H groups in total. The van der Waals surface area contributed by atoms with E-state index in [0.717, 1.165) is 19.0 Å². The van der Waals surface area contributed by atoms with Gasteiger partial charge >= 0.3 is 0 Å². The lowest BCUT2D eigenvalue weighted by Crippen LogP contribution is -2.39. The lowest BCUT2D eigenvalue weighted by atomic mass is 9.92. The van der Waals surface area contributed by atoms with Gasteiger partial charge in [0, 0.05) is 38.3 Å². The topological polar surface area (TPSA) is 15.3 Å². The SMILES string of the molecule is CN1CCc2cc(C3CNC3)ccc21. The van der Waals surface area contributed by atoms with Crippen LogP contribution < -0.4 is 10.2 Å². The Morgan fingerprint density at radius 2 is 2.21 bits per heavy atom. The highest BCUT2D eigenvalue weighted by Gasteiger charge is 2.22. The van der Waals surface area contributed by atoms with Crippen molar-refractivity contribution >= 4 is 5.69 Å². The zero-order chi connectivity index (χ0) is 9.54. The van der Waals surface area contributed by atoms with Crippen LogP contribution >= 0.6 is 0 Å². The molecule has 0 aromatic heterocycles. The number of hydrogen-bond donors (Lipinski definition) is 1. The third-order valence-corrected chi connectivity index (χ3v) is 3.48. The standard InChI is InChI=1S/C12H16N2/c1-14-5-4-10-6-9(2-3-12(10)14)11-7-13-8-11/h2-3,6,11,13H,4-5,7-8H2,1H3. The first-order valence-corrected chi connectivity index (χ1v) is 5.39. The van der Waals surface area contributed by atoms with Crippen LogP contribution in [0, 0.1) is 0 Å². The number of hydrogen-bond acceptors (Lipinski definition) is 2. The van der Waals surface area contributed by atoms with Gasteiger partial charge in [0.2, 0.25) is 0 Å². The van der Waals surface area contributed by atoms with Crippen molar-refractivity contribution in [3.8, 4) is 0 Å². The van der Waals surface area contributed by atoms with Gasteiger partial charge in [-0.1, -0.05) is 12.1 Å². The maximum absolute atomic E-state index is 3.33. The Labute approximate surface area is 84.9 Å². The Balaban J connectivity index is 1.95. The lowest BCUT2D eigenvalue weighted by Gasteiger charge is -2.28. The Hall–Kier alpha value is -1.02. The molecule has 0 aliphatic carbocycles. The van der Waals surface area contributed by atoms with Gasteiger partial charge in [-0.25, -0.2) is 0 Å². The van der Waals surface area contributed by atoms with Crippen molar-refractivity contribution in [1.82, 2.24) is 5.32 Å². The molecule has 74 valence electrons. The maximum atomic E-state index is 3.33. The van der Waals surface area contributed by atoms with Crippen LogP contribution in [0.2, 0.25) is 0 Å². The van der Waals surface area contributed by atoms with Gasteiger partial charge in [0.25, 0.3) is 0 Å². The molecule has 3 rings (SSSR count). The largest absolute Gasteiger partial charge is 0.374 e. The minimum Gasteiger partial charge on any atom is -0.374 e. The molecular formula is C12H16N2. The van der Waals surface area contributed by atoms with Gasteiger partial charge in [-0.05, 0) is 23.6 Å². The van der Waals surface area contributed by atoms with Gasteiger partial charge in [-0.3, -0.25) is 0 Å². The van der Waals surface area contributed by atoms with E-state index in [1.807, 2.05) is 0 Å². The summed E-state index contributed by atoms with van der Waals surface area (Å²) in [5, 5.41) is 3.33. The zero-order valence-electron chi connectivity index (χ0n) is 8.59. The Morgan fingerprint density at radius 3 is 2.93 bits per heavy atom. The molecule has 1 aromatic carbocycles. The van der Waals surface area contributed by atoms with Gasteiger partial charge in [0.15, 0.2) is 0 Å². The molecule has 2 heteroatoms. The van der Waals surface area contributed by atoms with Gasteiger partial charge in [-0.15, -0.1) is 0 Å². The highest BCUT2D eigenvalue weighted by Crippen LogP contribution is 2.30. The third kappa shape index (κ3) is 1.14. The third-order valence-electron chi connectivity index (χ3n) is 3.48. The number of fused-ring (bicyclic) bond motifs is 1. The minimum absolute atomic E-state index is 0.770. The molecule has 0 bridgehead atoms. The van der Waals surface area contributed by atoms with Crippen molar-refractivity contribution < 1.29 is 0 Å². The fourth-order valence-electron chi connectivity index (χ4n) is 2.36. The van der Waals surface area contributed by atoms with Crippen molar-refractivity contribution in [2.45, 2.75) is 12.3 Å². The number of rotatable bonds is 1. The number of nitrogens with one attached hydrogen (secondary N) is 1. The summed E-state index contributed by atoms with van der Waals surface area (Å²) in [5.74, 6) is 0.770. The molecule has 0 spiro atoms. The van der Waals surface area contributed by atoms with E-state index < -0.39 is 0 Å². The molecule has 0 amide bonds. The second kappa shape index (κ2) is 2.99. The first-order valence-electron chi connectivity index (χ1n) is 5.39. The second-order valence-electron chi connectivity index (χ2n) is 4.41. The smallest absolute Gasteiger partial charge is 0.0397 e. The molecule has 2 nitrogen and oxygen atoms in total. The number of likely N-dealkylation sites (N-methyl/N-ethyl adjacent to an activating group) is 1. The van der Waals surface area contributed by atoms with Crippen LogP contribution in [0.5, 0.6) is 0 Å². The van der Waals surface area contributed by atoms with E-state index in [0.29, 0.717) is 0 Å². The van der Waals surface area contributed by atoms with E-state index in [1.54, 1.807) is 0 Å². The van der Waals surface area contributed by atoms with Crippen LogP contribution in [0.1, 0.15) is 17.0 Å². The molecule has 0 radical (unpaired) electrons. The monoisotopic (exact) mass is 188 g/mol. The summed E-state index contributed by atoms with van der Waals surface area (Å²) in [4.78, 5) is 2.35. The maximum Gasteiger partial charge on any atom is 0.0397 e. The predicted molar refractivity (Wildman–Crippen MR) is 59.0 cm³/mol. The molecule has 0 saturated carbocycles. The van der Waals surface area contributed by atoms with E-state index in [4.69, 9.17) is 0 Å². The fourth-order valence-corrected chi connectivity index (χ4v) is 2.36. The Bertz CT molecular complexity index is 355. The molecule has 2 aliphatic rings. The predicted octanol–water partition coefficient (Wildman–Crippen LogP) is 1.37. The van der Waals surface area contributed by atoms with Crippen LogP contribution in [0.15, 0.2) is 18.2 Å². The minimum atomic E-state index is 0.770. The average molecular weight is 188 g/mol. The molecule has 2 heterocycles. The van der Waals surface area contributed by atoms with E-state index >= 15 is 0 Å². The van der Waals surface area contributed by atoms with Crippen molar-refractivity contribution in [3.05, 3.63) is 29.3 Å². The lowest BCUT2D eigenvalue weighted by molar-refractivity contribution is 0.448. The van der Waals surface area contributed by atoms with Gasteiger partial charge in [0.1, 0.15) is 0 Å². The van der Waals surface area contributed by atoms with E-state index in [1.165, 1.54) is 29.8 Å². The summed E-state index contributed by atoms with van der Waals surface area (Å²) >= 11 is 0. The molecule has 1 aromatic rings. The van der Waals surface area contributed by atoms with Gasteiger partial charge in [0.05, 0.1) is 0 Å². The summed E-state index contributed by atoms with van der Waals surface area (Å²) in [6.07, 6.45) is 1.22. The molecule has 14 heavy (non-hydrogen) atoms. The van der Waals surface area contributed by atoms with Crippen LogP contribution in [0.4, 0.5) is 5.69 Å². The summed E-state index contributed by atoms with van der Waals surface area (Å²) in [5.41, 5.74) is 4.50. The van der Waals surface area contributed by atoms with Crippen molar-refractivity contribution in [2.24, 2.45) is 0 Å². The van der Waals surface area contributed by atoms with Gasteiger partial charge < -0.3 is 10.2 Å². The van der Waals surface area contributed by atoms with Crippen LogP contribution in [0.3, 0.4) is 0 Å². The highest BCUT2D eigenvalue weighted by molar-refractivity contribution is 5.58. The summed E-state index contributed by atoms with van der Waals surface area (Å²) in [6, 6.07) is 6.99. The molecule has 0 atom stereocenters. The first-order chi connectivity index (χ1) is 6.84. The second-order valence-corrected chi connectivity index (χ2v) is 4.41. The molecule has 1 fully saturated rings. The molecular weight excluding hydrogens is 172 g/mol. The number of benzene rings is 1. The number of anilines is 1. The van der Waals surface area contributed by atoms with Crippen LogP contribution in [-0.4, -0.2) is 26.7 Å². The zero-order valence-corrected chi connectivity index (χ0v) is 8.59. The van der Waals surface area contributed by atoms with Crippen LogP contribution in [0.25, 0.3) is 0 Å². The molecule has 0 unspecified atom stereocenters. The normalized spacial score (nSPS) is 20.8. The quantitative estimate of drug-likeness (QED) is 0.716. The average Bonchev–Trinajstić information content (AvgIpc) is 2.45. The van der Waals surface area contributed by atoms with Crippen molar-refractivity contribution in [3.63, 3.8) is 0 Å². The number of nitrogens with zero attached hydrogens (tertiary/aromatic N) is 1. The van der Waals surface area contributed by atoms with Crippen LogP contribution in [-0.2, 0) is 6.42 Å². The Kier molecular flexibility index (Phi) is 1.77. The summed E-state index contributed by atoms with van der Waals surface area (Å²) in [6.45, 7) is 3.50. The van der Waals surface area contributed by atoms with E-state index in [9.17, 15) is 0 Å². The Morgan fingerprint density at radius 1 is 1.36 bits per heavy atom. The van der Waals surface area contributed by atoms with E-state index in [-0.39, 0.29) is 0 Å². The summed E-state index contributed by atoms with van der Waals surface area (Å²) < 4.78 is 0. The fraction of sp³-hybridized carbons (Fsp3) is 0.500. The summed E-state index contributed by atoms with van der Waals surface area (Å²) in [7, 11) is 2.18. The van der Waals surface area contributed by atoms with Gasteiger partial charge in [-0.2, -0.15) is 0 Å². The molecule has 2 aliphatic heterocycles. The molecule has 1 saturated heterocycles. The van der Waals surface area contributed by atoms with Crippen molar-refractivity contribution in [1.29, 1.82) is 0 Å². The van der Waals surface area contributed by atoms with Crippen molar-refractivity contribution in [2.75, 3.05) is 31.6 Å².